The predicted molar refractivity (Wildman–Crippen MR) is 114 cm³/mol. The Labute approximate surface area is 174 Å². The maximum Gasteiger partial charge on any atom is 0.272 e. The molecule has 1 amide bonds. The molecule has 4 aromatic rings. The fraction of sp³-hybridized carbons (Fsp3) is 0.174. The number of ether oxygens (including phenoxy) is 1. The summed E-state index contributed by atoms with van der Waals surface area (Å²) in [6, 6.07) is 21.6. The fourth-order valence-corrected chi connectivity index (χ4v) is 3.13. The first-order valence-electron chi connectivity index (χ1n) is 9.83. The van der Waals surface area contributed by atoms with E-state index in [2.05, 4.69) is 27.6 Å². The molecule has 30 heavy (non-hydrogen) atoms. The highest BCUT2D eigenvalue weighted by atomic mass is 16.5. The van der Waals surface area contributed by atoms with Crippen LogP contribution in [0.1, 0.15) is 23.1 Å². The molecule has 7 nitrogen and oxygen atoms in total. The second kappa shape index (κ2) is 9.09. The van der Waals surface area contributed by atoms with Crippen LogP contribution in [-0.4, -0.2) is 25.5 Å². The van der Waals surface area contributed by atoms with Crippen LogP contribution < -0.4 is 10.1 Å². The van der Waals surface area contributed by atoms with Gasteiger partial charge >= 0.3 is 0 Å². The molecule has 0 aliphatic rings. The van der Waals surface area contributed by atoms with Crippen LogP contribution in [0.5, 0.6) is 5.75 Å². The smallest absolute Gasteiger partial charge is 0.272 e. The van der Waals surface area contributed by atoms with Crippen molar-refractivity contribution in [3.05, 3.63) is 90.5 Å². The number of nitrogens with one attached hydrogen (secondary N) is 1. The third-order valence-electron chi connectivity index (χ3n) is 4.73. The third-order valence-corrected chi connectivity index (χ3v) is 4.73. The van der Waals surface area contributed by atoms with Gasteiger partial charge in [0.15, 0.2) is 6.73 Å². The van der Waals surface area contributed by atoms with Gasteiger partial charge in [-0.2, -0.15) is 10.2 Å². The summed E-state index contributed by atoms with van der Waals surface area (Å²) < 4.78 is 9.22. The van der Waals surface area contributed by atoms with Gasteiger partial charge in [0, 0.05) is 18.9 Å². The first-order valence-corrected chi connectivity index (χ1v) is 9.83. The Balaban J connectivity index is 1.30. The molecule has 2 aromatic heterocycles. The second-order valence-corrected chi connectivity index (χ2v) is 6.73. The molecule has 7 heteroatoms. The van der Waals surface area contributed by atoms with Crippen LogP contribution in [0, 0.1) is 0 Å². The zero-order valence-corrected chi connectivity index (χ0v) is 16.7. The molecular weight excluding hydrogens is 378 g/mol. The summed E-state index contributed by atoms with van der Waals surface area (Å²) in [5, 5.41) is 11.4. The molecule has 2 heterocycles. The predicted octanol–water partition coefficient (Wildman–Crippen LogP) is 3.73. The average Bonchev–Trinajstić information content (AvgIpc) is 3.46. The highest BCUT2D eigenvalue weighted by molar-refractivity contribution is 5.92. The number of amides is 1. The van der Waals surface area contributed by atoms with Gasteiger partial charge in [0.1, 0.15) is 11.4 Å². The van der Waals surface area contributed by atoms with Crippen molar-refractivity contribution in [1.29, 1.82) is 0 Å². The molecular formula is C23H23N5O2. The van der Waals surface area contributed by atoms with E-state index in [-0.39, 0.29) is 12.6 Å². The maximum absolute atomic E-state index is 12.3. The molecule has 152 valence electrons. The molecule has 4 rings (SSSR count). The number of rotatable bonds is 8. The van der Waals surface area contributed by atoms with Crippen molar-refractivity contribution < 1.29 is 9.53 Å². The highest BCUT2D eigenvalue weighted by Crippen LogP contribution is 2.22. The molecule has 0 aliphatic heterocycles. The van der Waals surface area contributed by atoms with E-state index in [1.54, 1.807) is 23.1 Å². The van der Waals surface area contributed by atoms with E-state index in [9.17, 15) is 4.79 Å². The Kier molecular flexibility index (Phi) is 5.89. The number of benzene rings is 2. The summed E-state index contributed by atoms with van der Waals surface area (Å²) >= 11 is 0. The Morgan fingerprint density at radius 1 is 1.00 bits per heavy atom. The van der Waals surface area contributed by atoms with Crippen molar-refractivity contribution in [2.45, 2.75) is 26.7 Å². The minimum absolute atomic E-state index is 0.223. The molecule has 0 fully saturated rings. The van der Waals surface area contributed by atoms with Crippen molar-refractivity contribution in [3.8, 4) is 16.9 Å². The van der Waals surface area contributed by atoms with Crippen molar-refractivity contribution in [3.63, 3.8) is 0 Å². The molecule has 0 radical (unpaired) electrons. The van der Waals surface area contributed by atoms with Gasteiger partial charge in [-0.25, -0.2) is 4.68 Å². The molecule has 0 saturated carbocycles. The van der Waals surface area contributed by atoms with Crippen molar-refractivity contribution >= 4 is 5.91 Å². The van der Waals surface area contributed by atoms with Crippen LogP contribution in [-0.2, 0) is 19.8 Å². The lowest BCUT2D eigenvalue weighted by Crippen LogP contribution is -2.25. The fourth-order valence-electron chi connectivity index (χ4n) is 3.13. The van der Waals surface area contributed by atoms with Gasteiger partial charge in [0.05, 0.1) is 12.2 Å². The Bertz CT molecular complexity index is 1100. The lowest BCUT2D eigenvalue weighted by atomic mass is 10.1. The molecule has 2 aromatic carbocycles. The minimum Gasteiger partial charge on any atom is -0.471 e. The van der Waals surface area contributed by atoms with E-state index in [1.165, 1.54) is 0 Å². The van der Waals surface area contributed by atoms with Crippen molar-refractivity contribution in [1.82, 2.24) is 24.9 Å². The maximum atomic E-state index is 12.3. The molecule has 0 aliphatic carbocycles. The van der Waals surface area contributed by atoms with Gasteiger partial charge in [-0.3, -0.25) is 9.48 Å². The van der Waals surface area contributed by atoms with Crippen LogP contribution >= 0.6 is 0 Å². The van der Waals surface area contributed by atoms with Crippen LogP contribution in [0.3, 0.4) is 0 Å². The summed E-state index contributed by atoms with van der Waals surface area (Å²) in [4.78, 5) is 12.3. The summed E-state index contributed by atoms with van der Waals surface area (Å²) in [7, 11) is 0. The summed E-state index contributed by atoms with van der Waals surface area (Å²) in [6.45, 7) is 3.40. The van der Waals surface area contributed by atoms with Gasteiger partial charge in [-0.05, 0) is 42.3 Å². The standard InChI is InChI=1S/C23H23N5O2/c1-2-28-20(12-14-25-28)16-24-23(29)22-13-15-27(26-22)17-30-21-10-8-19(9-11-21)18-6-4-3-5-7-18/h3-15H,2,16-17H2,1H3,(H,24,29). The van der Waals surface area contributed by atoms with Gasteiger partial charge in [-0.1, -0.05) is 42.5 Å². The van der Waals surface area contributed by atoms with Gasteiger partial charge in [-0.15, -0.1) is 0 Å². The molecule has 0 spiro atoms. The van der Waals surface area contributed by atoms with Crippen molar-refractivity contribution in [2.24, 2.45) is 0 Å². The summed E-state index contributed by atoms with van der Waals surface area (Å²) in [5.74, 6) is 0.508. The van der Waals surface area contributed by atoms with Gasteiger partial charge in [0.2, 0.25) is 0 Å². The number of nitrogens with zero attached hydrogens (tertiary/aromatic N) is 4. The minimum atomic E-state index is -0.232. The normalized spacial score (nSPS) is 10.7. The highest BCUT2D eigenvalue weighted by Gasteiger charge is 2.11. The van der Waals surface area contributed by atoms with Crippen LogP contribution in [0.2, 0.25) is 0 Å². The zero-order valence-electron chi connectivity index (χ0n) is 16.7. The number of aryl methyl sites for hydroxylation is 1. The van der Waals surface area contributed by atoms with Gasteiger partial charge in [0.25, 0.3) is 5.91 Å². The molecule has 0 bridgehead atoms. The molecule has 0 unspecified atom stereocenters. The number of carbonyl (C=O) groups excluding carboxylic acids is 1. The third kappa shape index (κ3) is 4.57. The van der Waals surface area contributed by atoms with Gasteiger partial charge < -0.3 is 10.1 Å². The van der Waals surface area contributed by atoms with E-state index in [1.807, 2.05) is 60.1 Å². The number of hydrogen-bond donors (Lipinski definition) is 1. The first kappa shape index (κ1) is 19.4. The summed E-state index contributed by atoms with van der Waals surface area (Å²) in [5.41, 5.74) is 3.59. The number of aromatic nitrogens is 4. The largest absolute Gasteiger partial charge is 0.471 e. The molecule has 1 N–H and O–H groups in total. The lowest BCUT2D eigenvalue weighted by molar-refractivity contribution is 0.0943. The van der Waals surface area contributed by atoms with Crippen LogP contribution in [0.25, 0.3) is 11.1 Å². The van der Waals surface area contributed by atoms with E-state index in [0.29, 0.717) is 12.2 Å². The summed E-state index contributed by atoms with van der Waals surface area (Å²) in [6.07, 6.45) is 3.45. The van der Waals surface area contributed by atoms with Crippen molar-refractivity contribution in [2.75, 3.05) is 0 Å². The molecule has 0 atom stereocenters. The number of carbonyl (C=O) groups is 1. The second-order valence-electron chi connectivity index (χ2n) is 6.73. The Hall–Kier alpha value is -3.87. The number of hydrogen-bond acceptors (Lipinski definition) is 4. The van der Waals surface area contributed by atoms with E-state index >= 15 is 0 Å². The Morgan fingerprint density at radius 3 is 2.53 bits per heavy atom. The lowest BCUT2D eigenvalue weighted by Gasteiger charge is -2.08. The quantitative estimate of drug-likeness (QED) is 0.488. The van der Waals surface area contributed by atoms with Crippen LogP contribution in [0.15, 0.2) is 79.1 Å². The van der Waals surface area contributed by atoms with Crippen LogP contribution in [0.4, 0.5) is 0 Å². The zero-order chi connectivity index (χ0) is 20.8. The first-order chi connectivity index (χ1) is 14.7. The molecule has 0 saturated heterocycles. The van der Waals surface area contributed by atoms with E-state index in [4.69, 9.17) is 4.74 Å². The van der Waals surface area contributed by atoms with E-state index in [0.717, 1.165) is 29.1 Å². The topological polar surface area (TPSA) is 74.0 Å². The average molecular weight is 401 g/mol. The Morgan fingerprint density at radius 2 is 1.77 bits per heavy atom. The monoisotopic (exact) mass is 401 g/mol. The SMILES string of the molecule is CCn1nccc1CNC(=O)c1ccn(COc2ccc(-c3ccccc3)cc2)n1. The van der Waals surface area contributed by atoms with E-state index < -0.39 is 0 Å².